The first-order valence-corrected chi connectivity index (χ1v) is 4.28. The summed E-state index contributed by atoms with van der Waals surface area (Å²) in [6, 6.07) is 6.05. The van der Waals surface area contributed by atoms with Crippen LogP contribution in [0, 0.1) is 0 Å². The van der Waals surface area contributed by atoms with Crippen molar-refractivity contribution in [3.05, 3.63) is 36.2 Å². The molecule has 1 N–H and O–H groups in total. The van der Waals surface area contributed by atoms with Gasteiger partial charge in [-0.05, 0) is 30.7 Å². The van der Waals surface area contributed by atoms with Crippen LogP contribution in [-0.2, 0) is 0 Å². The van der Waals surface area contributed by atoms with Crippen molar-refractivity contribution >= 4 is 30.4 Å². The number of halogens is 2. The molecule has 2 nitrogen and oxygen atoms in total. The Hall–Kier alpha value is -0.570. The molecule has 2 rings (SSSR count). The molecule has 2 heterocycles. The predicted molar refractivity (Wildman–Crippen MR) is 64.2 cm³/mol. The van der Waals surface area contributed by atoms with Crippen molar-refractivity contribution in [2.75, 3.05) is 13.1 Å². The number of hydrogen-bond donors (Lipinski definition) is 1. The van der Waals surface area contributed by atoms with Gasteiger partial charge in [0, 0.05) is 12.7 Å². The highest BCUT2D eigenvalue weighted by Gasteiger charge is 2.04. The van der Waals surface area contributed by atoms with Gasteiger partial charge in [-0.1, -0.05) is 12.1 Å². The Labute approximate surface area is 96.6 Å². The highest BCUT2D eigenvalue weighted by molar-refractivity contribution is 5.85. The van der Waals surface area contributed by atoms with E-state index in [1.807, 2.05) is 18.3 Å². The number of aromatic nitrogens is 1. The van der Waals surface area contributed by atoms with E-state index >= 15 is 0 Å². The van der Waals surface area contributed by atoms with Crippen LogP contribution in [0.3, 0.4) is 0 Å². The van der Waals surface area contributed by atoms with Crippen molar-refractivity contribution in [1.29, 1.82) is 0 Å². The van der Waals surface area contributed by atoms with E-state index in [1.54, 1.807) is 0 Å². The van der Waals surface area contributed by atoms with Gasteiger partial charge in [-0.3, -0.25) is 4.98 Å². The lowest BCUT2D eigenvalue weighted by molar-refractivity contribution is 0.737. The fraction of sp³-hybridized carbons (Fsp3) is 0.300. The normalized spacial score (nSPS) is 14.7. The molecule has 0 fully saturated rings. The third kappa shape index (κ3) is 3.29. The van der Waals surface area contributed by atoms with Crippen molar-refractivity contribution in [1.82, 2.24) is 10.3 Å². The Balaban J connectivity index is 0.000000845. The quantitative estimate of drug-likeness (QED) is 0.805. The molecule has 1 aromatic heterocycles. The van der Waals surface area contributed by atoms with Crippen LogP contribution < -0.4 is 5.32 Å². The summed E-state index contributed by atoms with van der Waals surface area (Å²) in [5, 5.41) is 3.28. The van der Waals surface area contributed by atoms with Crippen LogP contribution in [0.25, 0.3) is 5.57 Å². The lowest BCUT2D eigenvalue weighted by Crippen LogP contribution is -2.20. The number of nitrogens with zero attached hydrogens (tertiary/aromatic N) is 1. The average molecular weight is 233 g/mol. The molecule has 0 aromatic carbocycles. The van der Waals surface area contributed by atoms with E-state index in [-0.39, 0.29) is 24.8 Å². The van der Waals surface area contributed by atoms with Crippen LogP contribution >= 0.6 is 24.8 Å². The summed E-state index contributed by atoms with van der Waals surface area (Å²) in [7, 11) is 0. The minimum atomic E-state index is 0. The second-order valence-electron chi connectivity index (χ2n) is 2.90. The van der Waals surface area contributed by atoms with Gasteiger partial charge in [0.2, 0.25) is 0 Å². The molecule has 4 heteroatoms. The molecule has 0 aliphatic carbocycles. The largest absolute Gasteiger partial charge is 0.313 e. The standard InChI is InChI=1S/C10H12N2.2ClH/c1-2-6-12-10(3-1)9-4-7-11-8-5-9;;/h1-4,6,11H,5,7-8H2;2*1H. The van der Waals surface area contributed by atoms with Gasteiger partial charge in [-0.15, -0.1) is 24.8 Å². The van der Waals surface area contributed by atoms with Crippen LogP contribution in [0.4, 0.5) is 0 Å². The summed E-state index contributed by atoms with van der Waals surface area (Å²) in [6.07, 6.45) is 5.15. The summed E-state index contributed by atoms with van der Waals surface area (Å²) in [4.78, 5) is 4.31. The number of rotatable bonds is 1. The average Bonchev–Trinajstić information content (AvgIpc) is 2.21. The van der Waals surface area contributed by atoms with E-state index < -0.39 is 0 Å². The van der Waals surface area contributed by atoms with Crippen molar-refractivity contribution in [2.45, 2.75) is 6.42 Å². The smallest absolute Gasteiger partial charge is 0.0659 e. The molecule has 0 radical (unpaired) electrons. The predicted octanol–water partition coefficient (Wildman–Crippen LogP) is 2.30. The molecule has 1 aromatic rings. The van der Waals surface area contributed by atoms with Crippen LogP contribution in [0.15, 0.2) is 30.5 Å². The minimum absolute atomic E-state index is 0. The maximum Gasteiger partial charge on any atom is 0.0659 e. The van der Waals surface area contributed by atoms with E-state index in [4.69, 9.17) is 0 Å². The van der Waals surface area contributed by atoms with Crippen LogP contribution in [0.2, 0.25) is 0 Å². The van der Waals surface area contributed by atoms with Gasteiger partial charge in [0.15, 0.2) is 0 Å². The zero-order valence-corrected chi connectivity index (χ0v) is 9.40. The lowest BCUT2D eigenvalue weighted by atomic mass is 10.1. The Bertz CT molecular complexity index is 285. The first-order valence-electron chi connectivity index (χ1n) is 4.28. The molecule has 0 saturated heterocycles. The maximum absolute atomic E-state index is 4.31. The number of pyridine rings is 1. The van der Waals surface area contributed by atoms with E-state index in [1.165, 1.54) is 5.57 Å². The molecule has 1 aliphatic heterocycles. The monoisotopic (exact) mass is 232 g/mol. The van der Waals surface area contributed by atoms with E-state index in [2.05, 4.69) is 22.4 Å². The second kappa shape index (κ2) is 6.82. The summed E-state index contributed by atoms with van der Waals surface area (Å²) in [6.45, 7) is 2.05. The molecule has 0 amide bonds. The molecular weight excluding hydrogens is 219 g/mol. The van der Waals surface area contributed by atoms with Crippen LogP contribution in [0.5, 0.6) is 0 Å². The van der Waals surface area contributed by atoms with Crippen molar-refractivity contribution in [3.63, 3.8) is 0 Å². The fourth-order valence-electron chi connectivity index (χ4n) is 1.41. The first-order chi connectivity index (χ1) is 5.97. The third-order valence-corrected chi connectivity index (χ3v) is 2.06. The van der Waals surface area contributed by atoms with Crippen LogP contribution in [-0.4, -0.2) is 18.1 Å². The zero-order valence-electron chi connectivity index (χ0n) is 7.77. The molecule has 0 unspecified atom stereocenters. The molecule has 0 saturated carbocycles. The van der Waals surface area contributed by atoms with E-state index in [0.29, 0.717) is 0 Å². The highest BCUT2D eigenvalue weighted by atomic mass is 35.5. The van der Waals surface area contributed by atoms with Gasteiger partial charge in [0.25, 0.3) is 0 Å². The van der Waals surface area contributed by atoms with Gasteiger partial charge in [-0.2, -0.15) is 0 Å². The summed E-state index contributed by atoms with van der Waals surface area (Å²) < 4.78 is 0. The summed E-state index contributed by atoms with van der Waals surface area (Å²) in [5.74, 6) is 0. The fourth-order valence-corrected chi connectivity index (χ4v) is 1.41. The van der Waals surface area contributed by atoms with Gasteiger partial charge in [-0.25, -0.2) is 0 Å². The number of hydrogen-bond acceptors (Lipinski definition) is 2. The van der Waals surface area contributed by atoms with Gasteiger partial charge < -0.3 is 5.32 Å². The minimum Gasteiger partial charge on any atom is -0.313 e. The Morgan fingerprint density at radius 3 is 2.64 bits per heavy atom. The van der Waals surface area contributed by atoms with E-state index in [9.17, 15) is 0 Å². The summed E-state index contributed by atoms with van der Waals surface area (Å²) >= 11 is 0. The molecule has 14 heavy (non-hydrogen) atoms. The maximum atomic E-state index is 4.31. The number of nitrogens with one attached hydrogen (secondary N) is 1. The third-order valence-electron chi connectivity index (χ3n) is 2.06. The topological polar surface area (TPSA) is 24.9 Å². The molecule has 0 spiro atoms. The Morgan fingerprint density at radius 1 is 1.21 bits per heavy atom. The van der Waals surface area contributed by atoms with Gasteiger partial charge >= 0.3 is 0 Å². The molecule has 0 bridgehead atoms. The molecular formula is C10H14Cl2N2. The van der Waals surface area contributed by atoms with Crippen molar-refractivity contribution < 1.29 is 0 Å². The van der Waals surface area contributed by atoms with Crippen molar-refractivity contribution in [3.8, 4) is 0 Å². The SMILES string of the molecule is C1=C(c2ccccn2)CCNC1.Cl.Cl. The second-order valence-corrected chi connectivity index (χ2v) is 2.90. The highest BCUT2D eigenvalue weighted by Crippen LogP contribution is 2.16. The van der Waals surface area contributed by atoms with Crippen molar-refractivity contribution in [2.24, 2.45) is 0 Å². The van der Waals surface area contributed by atoms with E-state index in [0.717, 1.165) is 25.2 Å². The molecule has 78 valence electrons. The summed E-state index contributed by atoms with van der Waals surface area (Å²) in [5.41, 5.74) is 2.49. The Morgan fingerprint density at radius 2 is 2.07 bits per heavy atom. The lowest BCUT2D eigenvalue weighted by Gasteiger charge is -2.12. The zero-order chi connectivity index (χ0) is 8.23. The molecule has 0 atom stereocenters. The first kappa shape index (κ1) is 13.4. The van der Waals surface area contributed by atoms with Crippen LogP contribution in [0.1, 0.15) is 12.1 Å². The Kier molecular flexibility index (Phi) is 6.54. The van der Waals surface area contributed by atoms with Gasteiger partial charge in [0.05, 0.1) is 5.69 Å². The van der Waals surface area contributed by atoms with Gasteiger partial charge in [0.1, 0.15) is 0 Å². The molecule has 1 aliphatic rings.